The number of carbonyl (C=O) groups excluding carboxylic acids is 2. The summed E-state index contributed by atoms with van der Waals surface area (Å²) in [6.45, 7) is 7.08. The normalized spacial score (nSPS) is 15.9. The molecule has 1 heterocycles. The van der Waals surface area contributed by atoms with E-state index in [1.54, 1.807) is 4.90 Å². The van der Waals surface area contributed by atoms with Crippen molar-refractivity contribution < 1.29 is 24.2 Å². The van der Waals surface area contributed by atoms with Crippen LogP contribution in [-0.2, 0) is 24.2 Å². The highest BCUT2D eigenvalue weighted by Gasteiger charge is 2.32. The van der Waals surface area contributed by atoms with Crippen molar-refractivity contribution in [3.05, 3.63) is 71.3 Å². The Morgan fingerprint density at radius 2 is 1.51 bits per heavy atom. The standard InChI is InChI=1S/C26H34N4O5/c1-26(2,3)35-24(32)28-17-21-11-9-20(10-12-21)16-27-23(31)29-13-14-30(25(33)34)22(18-29)15-19-7-5-4-6-8-19/h4-12,22H,13-18H2,1-3H3,(H,27,31)(H,28,32)(H,33,34). The van der Waals surface area contributed by atoms with E-state index < -0.39 is 17.8 Å². The molecule has 1 aliphatic heterocycles. The summed E-state index contributed by atoms with van der Waals surface area (Å²) in [4.78, 5) is 39.4. The molecule has 188 valence electrons. The van der Waals surface area contributed by atoms with Crippen molar-refractivity contribution in [2.45, 2.75) is 51.9 Å². The average molecular weight is 483 g/mol. The maximum Gasteiger partial charge on any atom is 0.407 e. The molecule has 35 heavy (non-hydrogen) atoms. The van der Waals surface area contributed by atoms with Crippen molar-refractivity contribution in [1.82, 2.24) is 20.4 Å². The summed E-state index contributed by atoms with van der Waals surface area (Å²) in [6, 6.07) is 16.7. The number of hydrogen-bond acceptors (Lipinski definition) is 4. The highest BCUT2D eigenvalue weighted by Crippen LogP contribution is 2.16. The van der Waals surface area contributed by atoms with Gasteiger partial charge in [-0.05, 0) is 43.9 Å². The lowest BCUT2D eigenvalue weighted by molar-refractivity contribution is 0.0523. The van der Waals surface area contributed by atoms with E-state index in [1.807, 2.05) is 75.4 Å². The van der Waals surface area contributed by atoms with Gasteiger partial charge in [0.25, 0.3) is 0 Å². The molecule has 2 aromatic rings. The van der Waals surface area contributed by atoms with E-state index >= 15 is 0 Å². The average Bonchev–Trinajstić information content (AvgIpc) is 2.81. The summed E-state index contributed by atoms with van der Waals surface area (Å²) in [7, 11) is 0. The van der Waals surface area contributed by atoms with Crippen LogP contribution in [0.15, 0.2) is 54.6 Å². The van der Waals surface area contributed by atoms with Crippen LogP contribution >= 0.6 is 0 Å². The molecular formula is C26H34N4O5. The number of alkyl carbamates (subject to hydrolysis) is 1. The molecule has 0 saturated carbocycles. The maximum absolute atomic E-state index is 12.8. The maximum atomic E-state index is 12.8. The lowest BCUT2D eigenvalue weighted by Gasteiger charge is -2.40. The van der Waals surface area contributed by atoms with E-state index in [1.165, 1.54) is 4.90 Å². The summed E-state index contributed by atoms with van der Waals surface area (Å²) < 4.78 is 5.23. The molecule has 2 aromatic carbocycles. The number of ether oxygens (including phenoxy) is 1. The second-order valence-corrected chi connectivity index (χ2v) is 9.60. The first kappa shape index (κ1) is 25.9. The molecule has 0 aromatic heterocycles. The highest BCUT2D eigenvalue weighted by atomic mass is 16.6. The molecule has 1 fully saturated rings. The van der Waals surface area contributed by atoms with Gasteiger partial charge in [0, 0.05) is 32.7 Å². The Hall–Kier alpha value is -3.75. The molecule has 4 amide bonds. The molecule has 1 aliphatic rings. The first-order chi connectivity index (χ1) is 16.6. The Balaban J connectivity index is 1.49. The van der Waals surface area contributed by atoms with Crippen LogP contribution in [0.25, 0.3) is 0 Å². The quantitative estimate of drug-likeness (QED) is 0.580. The van der Waals surface area contributed by atoms with Gasteiger partial charge in [0.2, 0.25) is 0 Å². The number of nitrogens with zero attached hydrogens (tertiary/aromatic N) is 2. The Morgan fingerprint density at radius 3 is 2.09 bits per heavy atom. The van der Waals surface area contributed by atoms with Crippen molar-refractivity contribution in [2.75, 3.05) is 19.6 Å². The van der Waals surface area contributed by atoms with Crippen molar-refractivity contribution in [3.8, 4) is 0 Å². The van der Waals surface area contributed by atoms with Crippen LogP contribution in [0, 0.1) is 0 Å². The molecule has 9 heteroatoms. The number of hydrogen-bond donors (Lipinski definition) is 3. The topological polar surface area (TPSA) is 111 Å². The molecule has 3 N–H and O–H groups in total. The fourth-order valence-corrected chi connectivity index (χ4v) is 3.91. The Labute approximate surface area is 206 Å². The smallest absolute Gasteiger partial charge is 0.407 e. The zero-order valence-electron chi connectivity index (χ0n) is 20.5. The van der Waals surface area contributed by atoms with E-state index in [0.717, 1.165) is 16.7 Å². The minimum atomic E-state index is -0.966. The monoisotopic (exact) mass is 482 g/mol. The highest BCUT2D eigenvalue weighted by molar-refractivity contribution is 5.75. The van der Waals surface area contributed by atoms with E-state index in [0.29, 0.717) is 32.6 Å². The first-order valence-corrected chi connectivity index (χ1v) is 11.7. The molecule has 0 bridgehead atoms. The molecular weight excluding hydrogens is 448 g/mol. The summed E-state index contributed by atoms with van der Waals surface area (Å²) >= 11 is 0. The van der Waals surface area contributed by atoms with E-state index in [9.17, 15) is 19.5 Å². The minimum absolute atomic E-state index is 0.219. The predicted octanol–water partition coefficient (Wildman–Crippen LogP) is 3.83. The zero-order valence-corrected chi connectivity index (χ0v) is 20.5. The lowest BCUT2D eigenvalue weighted by atomic mass is 10.0. The van der Waals surface area contributed by atoms with Gasteiger partial charge < -0.3 is 30.3 Å². The number of carbonyl (C=O) groups is 3. The molecule has 1 atom stereocenters. The van der Waals surface area contributed by atoms with E-state index in [4.69, 9.17) is 4.74 Å². The fourth-order valence-electron chi connectivity index (χ4n) is 3.91. The van der Waals surface area contributed by atoms with Crippen LogP contribution in [0.5, 0.6) is 0 Å². The van der Waals surface area contributed by atoms with Crippen LogP contribution in [0.3, 0.4) is 0 Å². The van der Waals surface area contributed by atoms with Crippen LogP contribution in [-0.4, -0.2) is 64.4 Å². The Morgan fingerprint density at radius 1 is 0.914 bits per heavy atom. The largest absolute Gasteiger partial charge is 0.465 e. The van der Waals surface area contributed by atoms with Crippen molar-refractivity contribution in [2.24, 2.45) is 0 Å². The van der Waals surface area contributed by atoms with Gasteiger partial charge in [-0.3, -0.25) is 0 Å². The van der Waals surface area contributed by atoms with Crippen molar-refractivity contribution in [1.29, 1.82) is 0 Å². The number of benzene rings is 2. The number of rotatable bonds is 6. The fraction of sp³-hybridized carbons (Fsp3) is 0.423. The Bertz CT molecular complexity index is 1000. The van der Waals surface area contributed by atoms with Crippen molar-refractivity contribution in [3.63, 3.8) is 0 Å². The third-order valence-corrected chi connectivity index (χ3v) is 5.63. The van der Waals surface area contributed by atoms with Gasteiger partial charge in [0.05, 0.1) is 6.04 Å². The predicted molar refractivity (Wildman–Crippen MR) is 132 cm³/mol. The van der Waals surface area contributed by atoms with Gasteiger partial charge in [0.15, 0.2) is 0 Å². The molecule has 0 spiro atoms. The van der Waals surface area contributed by atoms with Crippen LogP contribution in [0.2, 0.25) is 0 Å². The van der Waals surface area contributed by atoms with Gasteiger partial charge in [-0.15, -0.1) is 0 Å². The third kappa shape index (κ3) is 8.20. The molecule has 9 nitrogen and oxygen atoms in total. The van der Waals surface area contributed by atoms with Crippen molar-refractivity contribution >= 4 is 18.2 Å². The minimum Gasteiger partial charge on any atom is -0.465 e. The second kappa shape index (κ2) is 11.6. The number of piperazine rings is 1. The summed E-state index contributed by atoms with van der Waals surface area (Å²) in [5, 5.41) is 15.2. The molecule has 0 aliphatic carbocycles. The van der Waals surface area contributed by atoms with Crippen LogP contribution < -0.4 is 10.6 Å². The number of carboxylic acid groups (broad SMARTS) is 1. The SMILES string of the molecule is CC(C)(C)OC(=O)NCc1ccc(CNC(=O)N2CCN(C(=O)O)C(Cc3ccccc3)C2)cc1. The molecule has 1 unspecified atom stereocenters. The molecule has 0 radical (unpaired) electrons. The van der Waals surface area contributed by atoms with E-state index in [2.05, 4.69) is 10.6 Å². The summed E-state index contributed by atoms with van der Waals surface area (Å²) in [5.74, 6) is 0. The van der Waals surface area contributed by atoms with E-state index in [-0.39, 0.29) is 18.6 Å². The third-order valence-electron chi connectivity index (χ3n) is 5.63. The van der Waals surface area contributed by atoms with Crippen LogP contribution in [0.4, 0.5) is 14.4 Å². The number of nitrogens with one attached hydrogen (secondary N) is 2. The summed E-state index contributed by atoms with van der Waals surface area (Å²) in [6.07, 6.45) is -0.884. The van der Waals surface area contributed by atoms with Gasteiger partial charge in [-0.2, -0.15) is 0 Å². The van der Waals surface area contributed by atoms with Gasteiger partial charge in [0.1, 0.15) is 5.60 Å². The zero-order chi connectivity index (χ0) is 25.4. The van der Waals surface area contributed by atoms with Gasteiger partial charge >= 0.3 is 18.2 Å². The van der Waals surface area contributed by atoms with Crippen LogP contribution in [0.1, 0.15) is 37.5 Å². The van der Waals surface area contributed by atoms with Gasteiger partial charge in [-0.25, -0.2) is 14.4 Å². The Kier molecular flexibility index (Phi) is 8.57. The number of amides is 4. The van der Waals surface area contributed by atoms with Gasteiger partial charge in [-0.1, -0.05) is 54.6 Å². The second-order valence-electron chi connectivity index (χ2n) is 9.60. The number of urea groups is 1. The first-order valence-electron chi connectivity index (χ1n) is 11.7. The molecule has 3 rings (SSSR count). The molecule has 1 saturated heterocycles. The summed E-state index contributed by atoms with van der Waals surface area (Å²) in [5.41, 5.74) is 2.32. The lowest BCUT2D eigenvalue weighted by Crippen LogP contribution is -2.58.